The van der Waals surface area contributed by atoms with E-state index in [2.05, 4.69) is 5.92 Å². The first kappa shape index (κ1) is 5.61. The van der Waals surface area contributed by atoms with Crippen LogP contribution in [-0.4, -0.2) is 23.9 Å². The van der Waals surface area contributed by atoms with Crippen LogP contribution in [0.2, 0.25) is 0 Å². The van der Waals surface area contributed by atoms with Gasteiger partial charge in [0.25, 0.3) is 0 Å². The minimum Gasteiger partial charge on any atom is -0.377 e. The molecule has 0 aromatic carbocycles. The molecular formula is C6H8O2. The Bertz CT molecular complexity index is 117. The van der Waals surface area contributed by atoms with E-state index in [0.717, 1.165) is 0 Å². The lowest BCUT2D eigenvalue weighted by molar-refractivity contribution is 0.0766. The fourth-order valence-electron chi connectivity index (χ4n) is 0.668. The third-order valence-electron chi connectivity index (χ3n) is 1.27. The van der Waals surface area contributed by atoms with Crippen LogP contribution in [0.25, 0.3) is 0 Å². The van der Waals surface area contributed by atoms with Gasteiger partial charge in [-0.3, -0.25) is 0 Å². The second kappa shape index (κ2) is 1.77. The average molecular weight is 112 g/mol. The quantitative estimate of drug-likeness (QED) is 0.439. The van der Waals surface area contributed by atoms with Gasteiger partial charge in [0.05, 0.1) is 13.2 Å². The van der Waals surface area contributed by atoms with Crippen molar-refractivity contribution in [2.45, 2.75) is 12.0 Å². The lowest BCUT2D eigenvalue weighted by atomic mass is 10.1. The number of rotatable bonds is 0. The highest BCUT2D eigenvalue weighted by Crippen LogP contribution is 2.15. The molecule has 1 saturated heterocycles. The van der Waals surface area contributed by atoms with Crippen molar-refractivity contribution in [2.24, 2.45) is 0 Å². The van der Waals surface area contributed by atoms with Gasteiger partial charge in [0.2, 0.25) is 0 Å². The first-order chi connectivity index (χ1) is 3.77. The molecule has 2 heteroatoms. The fourth-order valence-corrected chi connectivity index (χ4v) is 0.668. The Morgan fingerprint density at radius 3 is 2.75 bits per heavy atom. The monoisotopic (exact) mass is 112 g/mol. The molecule has 1 atom stereocenters. The van der Waals surface area contributed by atoms with Gasteiger partial charge in [-0.2, -0.15) is 0 Å². The summed E-state index contributed by atoms with van der Waals surface area (Å²) in [6, 6.07) is 0. The van der Waals surface area contributed by atoms with E-state index in [4.69, 9.17) is 16.3 Å². The average Bonchev–Trinajstić information content (AvgIpc) is 2.17. The van der Waals surface area contributed by atoms with Gasteiger partial charge in [0.15, 0.2) is 5.60 Å². The van der Waals surface area contributed by atoms with E-state index in [-0.39, 0.29) is 0 Å². The molecule has 0 aliphatic carbocycles. The Labute approximate surface area is 48.5 Å². The maximum Gasteiger partial charge on any atom is 0.150 e. The summed E-state index contributed by atoms with van der Waals surface area (Å²) in [6.07, 6.45) is 5.56. The lowest BCUT2D eigenvalue weighted by Crippen LogP contribution is -2.25. The minimum atomic E-state index is -0.958. The Hall–Kier alpha value is -0.520. The lowest BCUT2D eigenvalue weighted by Gasteiger charge is -2.09. The molecule has 1 rings (SSSR count). The molecule has 0 aromatic rings. The summed E-state index contributed by atoms with van der Waals surface area (Å²) in [5, 5.41) is 9.14. The van der Waals surface area contributed by atoms with Crippen LogP contribution in [0.5, 0.6) is 0 Å². The van der Waals surface area contributed by atoms with Gasteiger partial charge in [-0.15, -0.1) is 6.42 Å². The molecule has 0 amide bonds. The largest absolute Gasteiger partial charge is 0.377 e. The molecule has 1 aliphatic heterocycles. The fraction of sp³-hybridized carbons (Fsp3) is 0.667. The molecule has 0 bridgehead atoms. The maximum atomic E-state index is 9.14. The van der Waals surface area contributed by atoms with Crippen LogP contribution in [-0.2, 0) is 4.74 Å². The molecule has 1 aliphatic rings. The van der Waals surface area contributed by atoms with Crippen LogP contribution < -0.4 is 0 Å². The van der Waals surface area contributed by atoms with Gasteiger partial charge < -0.3 is 9.84 Å². The van der Waals surface area contributed by atoms with Crippen molar-refractivity contribution < 1.29 is 9.84 Å². The van der Waals surface area contributed by atoms with Gasteiger partial charge >= 0.3 is 0 Å². The highest BCUT2D eigenvalue weighted by atomic mass is 16.5. The summed E-state index contributed by atoms with van der Waals surface area (Å²) in [5.74, 6) is 2.27. The second-order valence-corrected chi connectivity index (χ2v) is 1.98. The Morgan fingerprint density at radius 1 is 1.75 bits per heavy atom. The molecule has 0 aromatic heterocycles. The number of ether oxygens (including phenoxy) is 1. The van der Waals surface area contributed by atoms with Crippen molar-refractivity contribution in [3.8, 4) is 12.3 Å². The Kier molecular flexibility index (Phi) is 1.24. The molecule has 0 spiro atoms. The Balaban J connectivity index is 2.56. The van der Waals surface area contributed by atoms with E-state index >= 15 is 0 Å². The van der Waals surface area contributed by atoms with Crippen molar-refractivity contribution in [2.75, 3.05) is 13.2 Å². The molecule has 1 N–H and O–H groups in total. The summed E-state index contributed by atoms with van der Waals surface area (Å²) < 4.78 is 4.86. The molecule has 44 valence electrons. The van der Waals surface area contributed by atoms with Gasteiger partial charge in [0.1, 0.15) is 0 Å². The van der Waals surface area contributed by atoms with Crippen molar-refractivity contribution in [3.63, 3.8) is 0 Å². The molecule has 1 fully saturated rings. The minimum absolute atomic E-state index is 0.295. The molecular weight excluding hydrogens is 104 g/mol. The van der Waals surface area contributed by atoms with Crippen LogP contribution in [0.3, 0.4) is 0 Å². The molecule has 0 saturated carbocycles. The molecule has 1 heterocycles. The first-order valence-corrected chi connectivity index (χ1v) is 2.55. The predicted octanol–water partition coefficient (Wildman–Crippen LogP) is -0.229. The summed E-state index contributed by atoms with van der Waals surface area (Å²) in [5.41, 5.74) is -0.958. The first-order valence-electron chi connectivity index (χ1n) is 2.55. The second-order valence-electron chi connectivity index (χ2n) is 1.98. The number of aliphatic hydroxyl groups is 1. The summed E-state index contributed by atoms with van der Waals surface area (Å²) >= 11 is 0. The van der Waals surface area contributed by atoms with Crippen molar-refractivity contribution in [1.82, 2.24) is 0 Å². The highest BCUT2D eigenvalue weighted by Gasteiger charge is 2.29. The zero-order valence-electron chi connectivity index (χ0n) is 4.55. The summed E-state index contributed by atoms with van der Waals surface area (Å²) in [6.45, 7) is 0.879. The van der Waals surface area contributed by atoms with E-state index in [9.17, 15) is 0 Å². The predicted molar refractivity (Wildman–Crippen MR) is 29.2 cm³/mol. The standard InChI is InChI=1S/C6H8O2/c1-2-6(7)3-4-8-5-6/h1,7H,3-5H2/t6-/m1/s1. The zero-order chi connectivity index (χ0) is 6.04. The third-order valence-corrected chi connectivity index (χ3v) is 1.27. The Morgan fingerprint density at radius 2 is 2.50 bits per heavy atom. The van der Waals surface area contributed by atoms with Gasteiger partial charge in [-0.25, -0.2) is 0 Å². The number of terminal acetylenes is 1. The zero-order valence-corrected chi connectivity index (χ0v) is 4.55. The van der Waals surface area contributed by atoms with E-state index in [0.29, 0.717) is 19.6 Å². The van der Waals surface area contributed by atoms with E-state index in [1.54, 1.807) is 0 Å². The highest BCUT2D eigenvalue weighted by molar-refractivity contribution is 5.09. The van der Waals surface area contributed by atoms with Crippen LogP contribution in [0, 0.1) is 12.3 Å². The SMILES string of the molecule is C#C[C@@]1(O)CCOC1. The summed E-state index contributed by atoms with van der Waals surface area (Å²) in [4.78, 5) is 0. The normalized spacial score (nSPS) is 37.0. The van der Waals surface area contributed by atoms with Gasteiger partial charge in [0, 0.05) is 6.42 Å². The smallest absolute Gasteiger partial charge is 0.150 e. The number of hydrogen-bond donors (Lipinski definition) is 1. The van der Waals surface area contributed by atoms with Crippen molar-refractivity contribution >= 4 is 0 Å². The van der Waals surface area contributed by atoms with Crippen molar-refractivity contribution in [1.29, 1.82) is 0 Å². The molecule has 2 nitrogen and oxygen atoms in total. The molecule has 0 radical (unpaired) electrons. The molecule has 8 heavy (non-hydrogen) atoms. The van der Waals surface area contributed by atoms with E-state index < -0.39 is 5.60 Å². The van der Waals surface area contributed by atoms with E-state index in [1.807, 2.05) is 0 Å². The number of hydrogen-bond acceptors (Lipinski definition) is 2. The van der Waals surface area contributed by atoms with E-state index in [1.165, 1.54) is 0 Å². The third kappa shape index (κ3) is 0.835. The van der Waals surface area contributed by atoms with Crippen LogP contribution in [0.4, 0.5) is 0 Å². The molecule has 0 unspecified atom stereocenters. The maximum absolute atomic E-state index is 9.14. The van der Waals surface area contributed by atoms with Crippen molar-refractivity contribution in [3.05, 3.63) is 0 Å². The topological polar surface area (TPSA) is 29.5 Å². The van der Waals surface area contributed by atoms with Crippen LogP contribution >= 0.6 is 0 Å². The van der Waals surface area contributed by atoms with Crippen LogP contribution in [0.15, 0.2) is 0 Å². The van der Waals surface area contributed by atoms with Gasteiger partial charge in [-0.05, 0) is 0 Å². The van der Waals surface area contributed by atoms with Gasteiger partial charge in [-0.1, -0.05) is 5.92 Å². The van der Waals surface area contributed by atoms with Crippen LogP contribution in [0.1, 0.15) is 6.42 Å². The summed E-state index contributed by atoms with van der Waals surface area (Å²) in [7, 11) is 0.